The Balaban J connectivity index is 1.99. The third-order valence-corrected chi connectivity index (χ3v) is 5.79. The maximum atomic E-state index is 12.5. The van der Waals surface area contributed by atoms with Crippen molar-refractivity contribution < 1.29 is 13.2 Å². The molecule has 0 aromatic heterocycles. The lowest BCUT2D eigenvalue weighted by molar-refractivity contribution is 0.270. The molecule has 0 bridgehead atoms. The first-order valence-corrected chi connectivity index (χ1v) is 8.91. The molecule has 2 rings (SSSR count). The molecule has 1 heterocycles. The van der Waals surface area contributed by atoms with Crippen LogP contribution >= 0.6 is 0 Å². The van der Waals surface area contributed by atoms with E-state index in [0.29, 0.717) is 24.8 Å². The van der Waals surface area contributed by atoms with Crippen molar-refractivity contribution in [3.05, 3.63) is 29.8 Å². The molecular formula is C15H24N2O3S. The number of nitrogens with one attached hydrogen (secondary N) is 1. The second-order valence-electron chi connectivity index (χ2n) is 5.51. The van der Waals surface area contributed by atoms with Gasteiger partial charge < -0.3 is 10.1 Å². The van der Waals surface area contributed by atoms with Crippen molar-refractivity contribution in [2.24, 2.45) is 5.92 Å². The van der Waals surface area contributed by atoms with Gasteiger partial charge >= 0.3 is 0 Å². The molecule has 1 aromatic carbocycles. The number of hydrogen-bond donors (Lipinski definition) is 1. The fraction of sp³-hybridized carbons (Fsp3) is 0.600. The largest absolute Gasteiger partial charge is 0.497 e. The molecule has 0 aliphatic carbocycles. The minimum absolute atomic E-state index is 0.0426. The maximum absolute atomic E-state index is 12.5. The van der Waals surface area contributed by atoms with E-state index in [-0.39, 0.29) is 5.75 Å². The van der Waals surface area contributed by atoms with Gasteiger partial charge in [-0.05, 0) is 50.0 Å². The van der Waals surface area contributed by atoms with Gasteiger partial charge in [0.25, 0.3) is 0 Å². The molecule has 1 N–H and O–H groups in total. The zero-order valence-electron chi connectivity index (χ0n) is 12.7. The highest BCUT2D eigenvalue weighted by atomic mass is 32.2. The fourth-order valence-corrected chi connectivity index (χ4v) is 4.29. The highest BCUT2D eigenvalue weighted by Gasteiger charge is 2.27. The van der Waals surface area contributed by atoms with E-state index < -0.39 is 10.0 Å². The van der Waals surface area contributed by atoms with Crippen LogP contribution in [0.3, 0.4) is 0 Å². The van der Waals surface area contributed by atoms with Crippen molar-refractivity contribution in [3.63, 3.8) is 0 Å². The minimum Gasteiger partial charge on any atom is -0.497 e. The Morgan fingerprint density at radius 2 is 2.05 bits per heavy atom. The predicted molar refractivity (Wildman–Crippen MR) is 83.8 cm³/mol. The first-order valence-electron chi connectivity index (χ1n) is 7.30. The summed E-state index contributed by atoms with van der Waals surface area (Å²) in [6.07, 6.45) is 1.86. The number of benzene rings is 1. The van der Waals surface area contributed by atoms with Gasteiger partial charge in [0.05, 0.1) is 12.9 Å². The van der Waals surface area contributed by atoms with Crippen LogP contribution in [-0.2, 0) is 15.8 Å². The van der Waals surface area contributed by atoms with Crippen LogP contribution in [0.15, 0.2) is 24.3 Å². The van der Waals surface area contributed by atoms with E-state index in [2.05, 4.69) is 5.32 Å². The summed E-state index contributed by atoms with van der Waals surface area (Å²) >= 11 is 0. The summed E-state index contributed by atoms with van der Waals surface area (Å²) in [5, 5.41) is 3.16. The van der Waals surface area contributed by atoms with Gasteiger partial charge in [-0.3, -0.25) is 0 Å². The molecule has 1 aromatic rings. The molecule has 0 unspecified atom stereocenters. The van der Waals surface area contributed by atoms with Crippen molar-refractivity contribution >= 4 is 10.0 Å². The SMILES string of the molecule is CNCC1CCN(S(=O)(=O)Cc2cccc(OC)c2)CC1. The average Bonchev–Trinajstić information content (AvgIpc) is 2.48. The molecular weight excluding hydrogens is 288 g/mol. The Kier molecular flexibility index (Phi) is 5.61. The van der Waals surface area contributed by atoms with Crippen LogP contribution in [0.5, 0.6) is 5.75 Å². The van der Waals surface area contributed by atoms with Crippen molar-refractivity contribution in [1.82, 2.24) is 9.62 Å². The van der Waals surface area contributed by atoms with Crippen molar-refractivity contribution in [3.8, 4) is 5.75 Å². The number of hydrogen-bond acceptors (Lipinski definition) is 4. The average molecular weight is 312 g/mol. The summed E-state index contributed by atoms with van der Waals surface area (Å²) in [6, 6.07) is 7.25. The van der Waals surface area contributed by atoms with E-state index in [1.165, 1.54) is 0 Å². The number of ether oxygens (including phenoxy) is 1. The Morgan fingerprint density at radius 3 is 2.67 bits per heavy atom. The smallest absolute Gasteiger partial charge is 0.218 e. The van der Waals surface area contributed by atoms with Gasteiger partial charge in [-0.25, -0.2) is 12.7 Å². The predicted octanol–water partition coefficient (Wildman–Crippen LogP) is 1.46. The Morgan fingerprint density at radius 1 is 1.33 bits per heavy atom. The van der Waals surface area contributed by atoms with Gasteiger partial charge in [0.1, 0.15) is 5.75 Å². The Bertz CT molecular complexity index is 552. The van der Waals surface area contributed by atoms with Gasteiger partial charge in [-0.15, -0.1) is 0 Å². The Labute approximate surface area is 127 Å². The summed E-state index contributed by atoms with van der Waals surface area (Å²) < 4.78 is 31.7. The van der Waals surface area contributed by atoms with E-state index in [1.807, 2.05) is 25.2 Å². The van der Waals surface area contributed by atoms with E-state index >= 15 is 0 Å². The van der Waals surface area contributed by atoms with Crippen LogP contribution in [0.25, 0.3) is 0 Å². The maximum Gasteiger partial charge on any atom is 0.218 e. The lowest BCUT2D eigenvalue weighted by atomic mass is 9.98. The minimum atomic E-state index is -3.24. The number of nitrogens with zero attached hydrogens (tertiary/aromatic N) is 1. The van der Waals surface area contributed by atoms with Gasteiger partial charge in [0.15, 0.2) is 0 Å². The van der Waals surface area contributed by atoms with Crippen LogP contribution in [0.4, 0.5) is 0 Å². The standard InChI is InChI=1S/C15H24N2O3S/c1-16-11-13-6-8-17(9-7-13)21(18,19)12-14-4-3-5-15(10-14)20-2/h3-5,10,13,16H,6-9,11-12H2,1-2H3. The highest BCUT2D eigenvalue weighted by molar-refractivity contribution is 7.88. The van der Waals surface area contributed by atoms with Crippen LogP contribution in [0.2, 0.25) is 0 Å². The summed E-state index contributed by atoms with van der Waals surface area (Å²) in [5.74, 6) is 1.31. The summed E-state index contributed by atoms with van der Waals surface area (Å²) in [5.41, 5.74) is 0.770. The summed E-state index contributed by atoms with van der Waals surface area (Å²) in [7, 11) is 0.278. The summed E-state index contributed by atoms with van der Waals surface area (Å²) in [4.78, 5) is 0. The number of sulfonamides is 1. The molecule has 0 spiro atoms. The van der Waals surface area contributed by atoms with Gasteiger partial charge in [0.2, 0.25) is 10.0 Å². The number of piperidine rings is 1. The second kappa shape index (κ2) is 7.24. The molecule has 6 heteroatoms. The van der Waals surface area contributed by atoms with E-state index in [0.717, 1.165) is 24.9 Å². The van der Waals surface area contributed by atoms with Gasteiger partial charge in [-0.2, -0.15) is 0 Å². The molecule has 1 fully saturated rings. The first-order chi connectivity index (χ1) is 10.0. The lowest BCUT2D eigenvalue weighted by Gasteiger charge is -2.31. The Hall–Kier alpha value is -1.11. The summed E-state index contributed by atoms with van der Waals surface area (Å²) in [6.45, 7) is 2.21. The van der Waals surface area contributed by atoms with Crippen molar-refractivity contribution in [1.29, 1.82) is 0 Å². The fourth-order valence-electron chi connectivity index (χ4n) is 2.74. The van der Waals surface area contributed by atoms with Crippen LogP contribution in [-0.4, -0.2) is 46.5 Å². The lowest BCUT2D eigenvalue weighted by Crippen LogP contribution is -2.40. The molecule has 1 aliphatic heterocycles. The van der Waals surface area contributed by atoms with Crippen molar-refractivity contribution in [2.75, 3.05) is 33.8 Å². The zero-order valence-corrected chi connectivity index (χ0v) is 13.5. The zero-order chi connectivity index (χ0) is 15.3. The highest BCUT2D eigenvalue weighted by Crippen LogP contribution is 2.22. The molecule has 0 saturated carbocycles. The second-order valence-corrected chi connectivity index (χ2v) is 7.48. The third-order valence-electron chi connectivity index (χ3n) is 3.94. The monoisotopic (exact) mass is 312 g/mol. The molecule has 1 saturated heterocycles. The van der Waals surface area contributed by atoms with Crippen LogP contribution < -0.4 is 10.1 Å². The van der Waals surface area contributed by atoms with Crippen LogP contribution in [0, 0.1) is 5.92 Å². The molecule has 0 radical (unpaired) electrons. The third kappa shape index (κ3) is 4.43. The quantitative estimate of drug-likeness (QED) is 0.864. The number of methoxy groups -OCH3 is 1. The van der Waals surface area contributed by atoms with E-state index in [1.54, 1.807) is 17.5 Å². The molecule has 118 valence electrons. The van der Waals surface area contributed by atoms with E-state index in [4.69, 9.17) is 4.74 Å². The number of rotatable bonds is 6. The molecule has 0 atom stereocenters. The van der Waals surface area contributed by atoms with Crippen LogP contribution in [0.1, 0.15) is 18.4 Å². The van der Waals surface area contributed by atoms with E-state index in [9.17, 15) is 8.42 Å². The molecule has 0 amide bonds. The van der Waals surface area contributed by atoms with Gasteiger partial charge in [-0.1, -0.05) is 12.1 Å². The van der Waals surface area contributed by atoms with Gasteiger partial charge in [0, 0.05) is 13.1 Å². The molecule has 21 heavy (non-hydrogen) atoms. The molecule has 1 aliphatic rings. The topological polar surface area (TPSA) is 58.6 Å². The van der Waals surface area contributed by atoms with Crippen molar-refractivity contribution in [2.45, 2.75) is 18.6 Å². The first kappa shape index (κ1) is 16.3. The normalized spacial score (nSPS) is 17.8. The molecule has 5 nitrogen and oxygen atoms in total.